The average Bonchev–Trinajstić information content (AvgIpc) is 3.57. The van der Waals surface area contributed by atoms with Crippen LogP contribution >= 0.6 is 0 Å². The summed E-state index contributed by atoms with van der Waals surface area (Å²) in [4.78, 5) is 19.1. The fraction of sp³-hybridized carbons (Fsp3) is 0.250. The van der Waals surface area contributed by atoms with Crippen molar-refractivity contribution in [3.8, 4) is 11.4 Å². The molecule has 0 fully saturated rings. The first kappa shape index (κ1) is 20.1. The molecule has 0 saturated carbocycles. The summed E-state index contributed by atoms with van der Waals surface area (Å²) in [5.74, 6) is -0.408. The van der Waals surface area contributed by atoms with Crippen LogP contribution in [0, 0.1) is 5.82 Å². The van der Waals surface area contributed by atoms with Gasteiger partial charge in [0, 0.05) is 18.3 Å². The maximum atomic E-state index is 13.4. The van der Waals surface area contributed by atoms with E-state index in [1.165, 1.54) is 18.5 Å². The minimum absolute atomic E-state index is 0.114. The lowest BCUT2D eigenvalue weighted by Crippen LogP contribution is -2.30. The molecule has 2 aromatic carbocycles. The number of nitrogens with zero attached hydrogens (tertiary/aromatic N) is 6. The lowest BCUT2D eigenvalue weighted by atomic mass is 10.1. The fourth-order valence-corrected chi connectivity index (χ4v) is 4.22. The Kier molecular flexibility index (Phi) is 5.05. The molecule has 4 aromatic rings. The highest BCUT2D eigenvalue weighted by molar-refractivity contribution is 5.94. The van der Waals surface area contributed by atoms with Crippen LogP contribution in [0.3, 0.4) is 0 Å². The van der Waals surface area contributed by atoms with Crippen LogP contribution in [0.5, 0.6) is 0 Å². The Hall–Kier alpha value is -3.81. The third-order valence-electron chi connectivity index (χ3n) is 6.16. The van der Waals surface area contributed by atoms with Gasteiger partial charge in [0.25, 0.3) is 5.91 Å². The predicted octanol–water partition coefficient (Wildman–Crippen LogP) is 3.91. The van der Waals surface area contributed by atoms with Gasteiger partial charge in [-0.2, -0.15) is 10.2 Å². The summed E-state index contributed by atoms with van der Waals surface area (Å²) in [6.45, 7) is 2.00. The predicted molar refractivity (Wildman–Crippen MR) is 117 cm³/mol. The summed E-state index contributed by atoms with van der Waals surface area (Å²) < 4.78 is 16.9. The number of halogens is 1. The topological polar surface area (TPSA) is 68.8 Å². The normalized spacial score (nSPS) is 13.7. The van der Waals surface area contributed by atoms with Crippen molar-refractivity contribution in [2.24, 2.45) is 0 Å². The van der Waals surface area contributed by atoms with Crippen LogP contribution in [0.4, 0.5) is 4.39 Å². The standard InChI is InChI=1S/C24H23FN6O/c1-16(17-6-10-19(11-7-17)30-15-26-14-27-30)29(2)24(32)23-21-4-3-5-22(21)31(28-23)20-12-8-18(25)9-13-20/h6-16H,3-5H2,1-2H3/t16-/m1/s1. The molecule has 2 heterocycles. The maximum absolute atomic E-state index is 13.4. The second-order valence-electron chi connectivity index (χ2n) is 8.04. The second-order valence-corrected chi connectivity index (χ2v) is 8.04. The number of carbonyl (C=O) groups is 1. The van der Waals surface area contributed by atoms with Crippen LogP contribution in [-0.2, 0) is 12.8 Å². The molecule has 0 unspecified atom stereocenters. The SMILES string of the molecule is C[C@H](c1ccc(-n2cncn2)cc1)N(C)C(=O)c1nn(-c2ccc(F)cc2)c2c1CCC2. The van der Waals surface area contributed by atoms with Crippen LogP contribution in [-0.4, -0.2) is 42.4 Å². The molecule has 7 nitrogen and oxygen atoms in total. The highest BCUT2D eigenvalue weighted by atomic mass is 19.1. The molecule has 162 valence electrons. The highest BCUT2D eigenvalue weighted by Gasteiger charge is 2.30. The molecule has 5 rings (SSSR count). The molecule has 0 bridgehead atoms. The zero-order valence-corrected chi connectivity index (χ0v) is 17.9. The van der Waals surface area contributed by atoms with Gasteiger partial charge in [0.2, 0.25) is 0 Å². The molecule has 0 radical (unpaired) electrons. The number of aromatic nitrogens is 5. The zero-order valence-electron chi connectivity index (χ0n) is 17.9. The quantitative estimate of drug-likeness (QED) is 0.481. The molecular weight excluding hydrogens is 407 g/mol. The number of rotatable bonds is 5. The van der Waals surface area contributed by atoms with Crippen molar-refractivity contribution in [2.45, 2.75) is 32.2 Å². The van der Waals surface area contributed by atoms with E-state index in [0.29, 0.717) is 5.69 Å². The smallest absolute Gasteiger partial charge is 0.274 e. The fourth-order valence-electron chi connectivity index (χ4n) is 4.22. The molecule has 0 spiro atoms. The third kappa shape index (κ3) is 3.47. The Morgan fingerprint density at radius 3 is 2.47 bits per heavy atom. The van der Waals surface area contributed by atoms with Gasteiger partial charge in [-0.15, -0.1) is 0 Å². The Balaban J connectivity index is 1.41. The molecule has 1 atom stereocenters. The molecule has 2 aromatic heterocycles. The summed E-state index contributed by atoms with van der Waals surface area (Å²) in [7, 11) is 1.80. The van der Waals surface area contributed by atoms with Crippen molar-refractivity contribution in [3.05, 3.63) is 89.5 Å². The third-order valence-corrected chi connectivity index (χ3v) is 6.16. The van der Waals surface area contributed by atoms with E-state index in [1.807, 2.05) is 31.2 Å². The van der Waals surface area contributed by atoms with E-state index < -0.39 is 0 Å². The molecule has 32 heavy (non-hydrogen) atoms. The van der Waals surface area contributed by atoms with Crippen molar-refractivity contribution in [2.75, 3.05) is 7.05 Å². The van der Waals surface area contributed by atoms with Crippen LogP contribution < -0.4 is 0 Å². The van der Waals surface area contributed by atoms with Crippen molar-refractivity contribution >= 4 is 5.91 Å². The van der Waals surface area contributed by atoms with Gasteiger partial charge >= 0.3 is 0 Å². The Labute approximate surface area is 185 Å². The second kappa shape index (κ2) is 8.03. The lowest BCUT2D eigenvalue weighted by Gasteiger charge is -2.25. The lowest BCUT2D eigenvalue weighted by molar-refractivity contribution is 0.0735. The van der Waals surface area contributed by atoms with E-state index in [-0.39, 0.29) is 17.8 Å². The average molecular weight is 430 g/mol. The van der Waals surface area contributed by atoms with Gasteiger partial charge in [0.05, 0.1) is 17.4 Å². The number of hydrogen-bond donors (Lipinski definition) is 0. The van der Waals surface area contributed by atoms with Gasteiger partial charge in [-0.25, -0.2) is 18.7 Å². The van der Waals surface area contributed by atoms with Gasteiger partial charge in [0.15, 0.2) is 5.69 Å². The first-order valence-electron chi connectivity index (χ1n) is 10.6. The Morgan fingerprint density at radius 1 is 1.06 bits per heavy atom. The largest absolute Gasteiger partial charge is 0.334 e. The minimum atomic E-state index is -0.294. The summed E-state index contributed by atoms with van der Waals surface area (Å²) in [5.41, 5.74) is 5.21. The minimum Gasteiger partial charge on any atom is -0.334 e. The number of carbonyl (C=O) groups excluding carboxylic acids is 1. The van der Waals surface area contributed by atoms with Gasteiger partial charge < -0.3 is 4.90 Å². The van der Waals surface area contributed by atoms with Crippen molar-refractivity contribution < 1.29 is 9.18 Å². The van der Waals surface area contributed by atoms with Crippen LogP contribution in [0.1, 0.15) is 46.7 Å². The molecule has 1 amide bonds. The van der Waals surface area contributed by atoms with Gasteiger partial charge in [0.1, 0.15) is 18.5 Å². The maximum Gasteiger partial charge on any atom is 0.274 e. The van der Waals surface area contributed by atoms with E-state index in [1.54, 1.807) is 39.8 Å². The van der Waals surface area contributed by atoms with Gasteiger partial charge in [-0.3, -0.25) is 4.79 Å². The molecule has 0 N–H and O–H groups in total. The molecule has 8 heteroatoms. The number of fused-ring (bicyclic) bond motifs is 1. The van der Waals surface area contributed by atoms with Crippen molar-refractivity contribution in [1.82, 2.24) is 29.4 Å². The van der Waals surface area contributed by atoms with Crippen molar-refractivity contribution in [1.29, 1.82) is 0 Å². The van der Waals surface area contributed by atoms with Crippen LogP contribution in [0.2, 0.25) is 0 Å². The number of benzene rings is 2. The molecule has 1 aliphatic rings. The van der Waals surface area contributed by atoms with E-state index in [9.17, 15) is 9.18 Å². The monoisotopic (exact) mass is 430 g/mol. The molecular formula is C24H23FN6O. The van der Waals surface area contributed by atoms with Crippen molar-refractivity contribution in [3.63, 3.8) is 0 Å². The van der Waals surface area contributed by atoms with Crippen LogP contribution in [0.25, 0.3) is 11.4 Å². The Bertz CT molecular complexity index is 1250. The van der Waals surface area contributed by atoms with E-state index >= 15 is 0 Å². The summed E-state index contributed by atoms with van der Waals surface area (Å²) in [6, 6.07) is 14.0. The molecule has 0 aliphatic heterocycles. The first-order valence-corrected chi connectivity index (χ1v) is 10.6. The van der Waals surface area contributed by atoms with E-state index in [4.69, 9.17) is 0 Å². The molecule has 1 aliphatic carbocycles. The summed E-state index contributed by atoms with van der Waals surface area (Å²) in [5, 5.41) is 8.80. The van der Waals surface area contributed by atoms with Crippen LogP contribution in [0.15, 0.2) is 61.2 Å². The van der Waals surface area contributed by atoms with Gasteiger partial charge in [-0.1, -0.05) is 12.1 Å². The first-order chi connectivity index (χ1) is 15.5. The van der Waals surface area contributed by atoms with E-state index in [2.05, 4.69) is 15.2 Å². The Morgan fingerprint density at radius 2 is 1.78 bits per heavy atom. The number of amides is 1. The van der Waals surface area contributed by atoms with E-state index in [0.717, 1.165) is 47.5 Å². The zero-order chi connectivity index (χ0) is 22.2. The van der Waals surface area contributed by atoms with Gasteiger partial charge in [-0.05, 0) is 68.1 Å². The molecule has 0 saturated heterocycles. The summed E-state index contributed by atoms with van der Waals surface area (Å²) >= 11 is 0. The number of hydrogen-bond acceptors (Lipinski definition) is 4. The summed E-state index contributed by atoms with van der Waals surface area (Å²) in [6.07, 6.45) is 5.80. The highest BCUT2D eigenvalue weighted by Crippen LogP contribution is 2.30.